The second-order valence-corrected chi connectivity index (χ2v) is 6.93. The van der Waals surface area contributed by atoms with Gasteiger partial charge in [-0.2, -0.15) is 0 Å². The van der Waals surface area contributed by atoms with E-state index < -0.39 is 9.84 Å². The molecule has 0 heterocycles. The number of sulfone groups is 1. The van der Waals surface area contributed by atoms with Crippen LogP contribution in [-0.4, -0.2) is 26.5 Å². The first-order valence-electron chi connectivity index (χ1n) is 6.11. The van der Waals surface area contributed by atoms with Gasteiger partial charge in [-0.05, 0) is 43.0 Å². The molecule has 0 aliphatic rings. The molecule has 0 bridgehead atoms. The lowest BCUT2D eigenvalue weighted by atomic mass is 9.97. The first kappa shape index (κ1) is 15.1. The highest BCUT2D eigenvalue weighted by molar-refractivity contribution is 7.91. The molecule has 1 atom stereocenters. The van der Waals surface area contributed by atoms with Crippen LogP contribution in [0.1, 0.15) is 18.9 Å². The fourth-order valence-electron chi connectivity index (χ4n) is 1.79. The van der Waals surface area contributed by atoms with Crippen molar-refractivity contribution in [2.45, 2.75) is 19.8 Å². The maximum Gasteiger partial charge on any atom is 0.150 e. The zero-order valence-corrected chi connectivity index (χ0v) is 11.4. The van der Waals surface area contributed by atoms with Gasteiger partial charge in [-0.1, -0.05) is 19.1 Å². The largest absolute Gasteiger partial charge is 0.330 e. The van der Waals surface area contributed by atoms with Crippen LogP contribution >= 0.6 is 0 Å². The Bertz CT molecular complexity index is 474. The molecular formula is C13H20FNO2S. The molecule has 18 heavy (non-hydrogen) atoms. The first-order valence-corrected chi connectivity index (χ1v) is 7.94. The van der Waals surface area contributed by atoms with Crippen LogP contribution in [0.2, 0.25) is 0 Å². The van der Waals surface area contributed by atoms with E-state index >= 15 is 0 Å². The second kappa shape index (κ2) is 6.85. The van der Waals surface area contributed by atoms with Crippen molar-refractivity contribution < 1.29 is 12.8 Å². The third kappa shape index (κ3) is 5.14. The molecule has 0 aliphatic carbocycles. The first-order chi connectivity index (χ1) is 8.46. The minimum atomic E-state index is -2.95. The van der Waals surface area contributed by atoms with Crippen molar-refractivity contribution in [3.05, 3.63) is 35.6 Å². The van der Waals surface area contributed by atoms with E-state index in [1.54, 1.807) is 13.0 Å². The molecule has 102 valence electrons. The fraction of sp³-hybridized carbons (Fsp3) is 0.538. The molecule has 1 aromatic carbocycles. The number of hydrogen-bond acceptors (Lipinski definition) is 3. The van der Waals surface area contributed by atoms with Gasteiger partial charge in [0, 0.05) is 5.75 Å². The van der Waals surface area contributed by atoms with Crippen molar-refractivity contribution in [3.63, 3.8) is 0 Å². The van der Waals surface area contributed by atoms with Crippen LogP contribution in [-0.2, 0) is 16.3 Å². The van der Waals surface area contributed by atoms with Gasteiger partial charge in [-0.15, -0.1) is 0 Å². The summed E-state index contributed by atoms with van der Waals surface area (Å²) in [6, 6.07) is 6.35. The molecule has 2 N–H and O–H groups in total. The van der Waals surface area contributed by atoms with E-state index in [1.165, 1.54) is 12.1 Å². The molecule has 0 aromatic heterocycles. The summed E-state index contributed by atoms with van der Waals surface area (Å²) < 4.78 is 35.9. The average Bonchev–Trinajstić information content (AvgIpc) is 2.34. The van der Waals surface area contributed by atoms with E-state index in [4.69, 9.17) is 5.73 Å². The van der Waals surface area contributed by atoms with Crippen molar-refractivity contribution in [3.8, 4) is 0 Å². The van der Waals surface area contributed by atoms with Crippen molar-refractivity contribution in [1.82, 2.24) is 0 Å². The summed E-state index contributed by atoms with van der Waals surface area (Å²) in [6.07, 6.45) is 1.15. The van der Waals surface area contributed by atoms with E-state index in [-0.39, 0.29) is 23.2 Å². The van der Waals surface area contributed by atoms with E-state index in [1.807, 2.05) is 6.07 Å². The Morgan fingerprint density at radius 2 is 2.11 bits per heavy atom. The maximum atomic E-state index is 13.0. The van der Waals surface area contributed by atoms with Crippen molar-refractivity contribution in [2.75, 3.05) is 18.1 Å². The molecule has 1 aromatic rings. The van der Waals surface area contributed by atoms with Gasteiger partial charge in [-0.3, -0.25) is 0 Å². The van der Waals surface area contributed by atoms with Crippen LogP contribution in [0.3, 0.4) is 0 Å². The van der Waals surface area contributed by atoms with E-state index in [9.17, 15) is 12.8 Å². The van der Waals surface area contributed by atoms with Crippen LogP contribution in [0.25, 0.3) is 0 Å². The number of hydrogen-bond donors (Lipinski definition) is 1. The molecule has 0 saturated heterocycles. The summed E-state index contributed by atoms with van der Waals surface area (Å²) in [4.78, 5) is 0. The molecule has 0 amide bonds. The molecular weight excluding hydrogens is 253 g/mol. The normalized spacial score (nSPS) is 13.5. The lowest BCUT2D eigenvalue weighted by Gasteiger charge is -2.14. The zero-order valence-electron chi connectivity index (χ0n) is 10.6. The second-order valence-electron chi connectivity index (χ2n) is 4.46. The molecule has 1 rings (SSSR count). The Morgan fingerprint density at radius 1 is 1.39 bits per heavy atom. The third-order valence-corrected chi connectivity index (χ3v) is 4.76. The summed E-state index contributed by atoms with van der Waals surface area (Å²) >= 11 is 0. The minimum Gasteiger partial charge on any atom is -0.330 e. The number of nitrogens with two attached hydrogens (primary N) is 1. The summed E-state index contributed by atoms with van der Waals surface area (Å²) in [5.74, 6) is 0.114. The van der Waals surface area contributed by atoms with E-state index in [0.717, 1.165) is 5.56 Å². The average molecular weight is 273 g/mol. The third-order valence-electron chi connectivity index (χ3n) is 3.02. The van der Waals surface area contributed by atoms with Gasteiger partial charge < -0.3 is 5.73 Å². The summed E-state index contributed by atoms with van der Waals surface area (Å²) in [6.45, 7) is 2.05. The van der Waals surface area contributed by atoms with Gasteiger partial charge in [0.1, 0.15) is 15.7 Å². The zero-order chi connectivity index (χ0) is 13.6. The molecule has 0 fully saturated rings. The summed E-state index contributed by atoms with van der Waals surface area (Å²) in [5.41, 5.74) is 6.50. The molecule has 1 unspecified atom stereocenters. The molecule has 3 nitrogen and oxygen atoms in total. The Balaban J connectivity index is 2.57. The van der Waals surface area contributed by atoms with Gasteiger partial charge >= 0.3 is 0 Å². The lowest BCUT2D eigenvalue weighted by Crippen LogP contribution is -2.21. The van der Waals surface area contributed by atoms with Crippen molar-refractivity contribution in [2.24, 2.45) is 11.7 Å². The topological polar surface area (TPSA) is 60.2 Å². The number of rotatable bonds is 7. The molecule has 5 heteroatoms. The SMILES string of the molecule is CCS(=O)(=O)CCC(CN)Cc1cccc(F)c1. The summed E-state index contributed by atoms with van der Waals surface area (Å²) in [5, 5.41) is 0. The van der Waals surface area contributed by atoms with E-state index in [0.29, 0.717) is 19.4 Å². The molecule has 0 spiro atoms. The number of benzene rings is 1. The fourth-order valence-corrected chi connectivity index (χ4v) is 2.77. The van der Waals surface area contributed by atoms with Crippen LogP contribution in [0.15, 0.2) is 24.3 Å². The lowest BCUT2D eigenvalue weighted by molar-refractivity contribution is 0.509. The monoisotopic (exact) mass is 273 g/mol. The minimum absolute atomic E-state index is 0.0770. The Labute approximate surface area is 108 Å². The molecule has 0 aliphatic heterocycles. The van der Waals surface area contributed by atoms with Crippen LogP contribution in [0.5, 0.6) is 0 Å². The highest BCUT2D eigenvalue weighted by Crippen LogP contribution is 2.14. The standard InChI is InChI=1S/C13H20FNO2S/c1-2-18(16,17)7-6-12(10-15)8-11-4-3-5-13(14)9-11/h3-5,9,12H,2,6-8,10,15H2,1H3. The quantitative estimate of drug-likeness (QED) is 0.823. The van der Waals surface area contributed by atoms with Crippen molar-refractivity contribution >= 4 is 9.84 Å². The Hall–Kier alpha value is -0.940. The smallest absolute Gasteiger partial charge is 0.150 e. The van der Waals surface area contributed by atoms with Crippen LogP contribution < -0.4 is 5.73 Å². The van der Waals surface area contributed by atoms with Gasteiger partial charge in [0.05, 0.1) is 5.75 Å². The van der Waals surface area contributed by atoms with Crippen molar-refractivity contribution in [1.29, 1.82) is 0 Å². The number of halogens is 1. The molecule has 0 radical (unpaired) electrons. The Kier molecular flexibility index (Phi) is 5.75. The Morgan fingerprint density at radius 3 is 2.67 bits per heavy atom. The van der Waals surface area contributed by atoms with Gasteiger partial charge in [0.15, 0.2) is 0 Å². The van der Waals surface area contributed by atoms with Crippen LogP contribution in [0, 0.1) is 11.7 Å². The van der Waals surface area contributed by atoms with Gasteiger partial charge in [0.2, 0.25) is 0 Å². The maximum absolute atomic E-state index is 13.0. The predicted molar refractivity (Wildman–Crippen MR) is 71.6 cm³/mol. The summed E-state index contributed by atoms with van der Waals surface area (Å²) in [7, 11) is -2.95. The van der Waals surface area contributed by atoms with Gasteiger partial charge in [-0.25, -0.2) is 12.8 Å². The highest BCUT2D eigenvalue weighted by Gasteiger charge is 2.14. The predicted octanol–water partition coefficient (Wildman–Crippen LogP) is 1.77. The van der Waals surface area contributed by atoms with Crippen LogP contribution in [0.4, 0.5) is 4.39 Å². The van der Waals surface area contributed by atoms with Gasteiger partial charge in [0.25, 0.3) is 0 Å². The van der Waals surface area contributed by atoms with E-state index in [2.05, 4.69) is 0 Å². The highest BCUT2D eigenvalue weighted by atomic mass is 32.2. The molecule has 0 saturated carbocycles.